The maximum Gasteiger partial charge on any atom is 0.307 e. The van der Waals surface area contributed by atoms with Crippen LogP contribution in [0.1, 0.15) is 42.7 Å². The van der Waals surface area contributed by atoms with Crippen molar-refractivity contribution in [2.24, 2.45) is 5.14 Å². The number of hydrogen-bond acceptors (Lipinski definition) is 3. The molecule has 1 heterocycles. The molecule has 1 aromatic heterocycles. The summed E-state index contributed by atoms with van der Waals surface area (Å²) >= 11 is 6.22. The summed E-state index contributed by atoms with van der Waals surface area (Å²) in [5.74, 6) is -1.77. The molecule has 9 heteroatoms. The van der Waals surface area contributed by atoms with Gasteiger partial charge in [0.25, 0.3) is 0 Å². The van der Waals surface area contributed by atoms with E-state index in [0.717, 1.165) is 25.7 Å². The van der Waals surface area contributed by atoms with E-state index in [1.165, 1.54) is 12.1 Å². The average Bonchev–Trinajstić information content (AvgIpc) is 3.06. The molecular weight excluding hydrogens is 443 g/mol. The first-order chi connectivity index (χ1) is 14.7. The summed E-state index contributed by atoms with van der Waals surface area (Å²) in [6.07, 6.45) is 2.51. The molecular formula is C22H22ClFN2O4S. The first-order valence-electron chi connectivity index (χ1n) is 9.97. The highest BCUT2D eigenvalue weighted by atomic mass is 35.5. The zero-order chi connectivity index (χ0) is 22.3. The number of carboxylic acid groups (broad SMARTS) is 1. The molecule has 1 aliphatic carbocycles. The molecule has 1 saturated carbocycles. The van der Waals surface area contributed by atoms with Crippen LogP contribution in [-0.4, -0.2) is 29.9 Å². The summed E-state index contributed by atoms with van der Waals surface area (Å²) in [4.78, 5) is 14.5. The number of fused-ring (bicyclic) bond motifs is 1. The van der Waals surface area contributed by atoms with Crippen LogP contribution >= 0.6 is 11.6 Å². The number of nitrogens with one attached hydrogen (secondary N) is 1. The number of benzene rings is 2. The Balaban J connectivity index is 1.99. The monoisotopic (exact) mass is 464 g/mol. The lowest BCUT2D eigenvalue weighted by Gasteiger charge is -2.27. The Morgan fingerprint density at radius 1 is 1.16 bits per heavy atom. The maximum absolute atomic E-state index is 14.6. The summed E-state index contributed by atoms with van der Waals surface area (Å²) in [6.45, 7) is 0. The fourth-order valence-corrected chi connectivity index (χ4v) is 5.87. The minimum atomic E-state index is -4.16. The third-order valence-electron chi connectivity index (χ3n) is 5.90. The molecule has 0 atom stereocenters. The molecule has 1 aliphatic rings. The van der Waals surface area contributed by atoms with E-state index in [1.807, 2.05) is 0 Å². The van der Waals surface area contributed by atoms with Crippen molar-refractivity contribution in [1.82, 2.24) is 4.98 Å². The fourth-order valence-electron chi connectivity index (χ4n) is 4.58. The number of aliphatic carboxylic acids is 1. The van der Waals surface area contributed by atoms with Crippen LogP contribution < -0.4 is 5.14 Å². The topological polar surface area (TPSA) is 113 Å². The Labute approximate surface area is 184 Å². The molecule has 0 aliphatic heterocycles. The van der Waals surface area contributed by atoms with Crippen LogP contribution in [0.5, 0.6) is 0 Å². The highest BCUT2D eigenvalue weighted by molar-refractivity contribution is 7.89. The zero-order valence-corrected chi connectivity index (χ0v) is 18.1. The van der Waals surface area contributed by atoms with Crippen LogP contribution in [0.4, 0.5) is 4.39 Å². The molecule has 0 unspecified atom stereocenters. The quantitative estimate of drug-likeness (QED) is 0.482. The number of alkyl halides is 1. The van der Waals surface area contributed by atoms with Gasteiger partial charge >= 0.3 is 5.97 Å². The Morgan fingerprint density at radius 3 is 2.48 bits per heavy atom. The van der Waals surface area contributed by atoms with E-state index in [2.05, 4.69) is 4.98 Å². The lowest BCUT2D eigenvalue weighted by molar-refractivity contribution is -0.136. The van der Waals surface area contributed by atoms with Crippen molar-refractivity contribution in [3.8, 4) is 11.3 Å². The van der Waals surface area contributed by atoms with Gasteiger partial charge in [0, 0.05) is 21.8 Å². The summed E-state index contributed by atoms with van der Waals surface area (Å²) < 4.78 is 40.0. The molecule has 0 radical (unpaired) electrons. The summed E-state index contributed by atoms with van der Waals surface area (Å²) in [7, 11) is -4.16. The smallest absolute Gasteiger partial charge is 0.307 e. The second-order valence-corrected chi connectivity index (χ2v) is 10.0. The van der Waals surface area contributed by atoms with E-state index in [0.29, 0.717) is 11.1 Å². The molecule has 4 rings (SSSR count). The highest BCUT2D eigenvalue weighted by Gasteiger charge is 2.30. The normalized spacial score (nSPS) is 19.6. The van der Waals surface area contributed by atoms with Crippen molar-refractivity contribution in [1.29, 1.82) is 0 Å². The number of sulfonamides is 1. The Bertz CT molecular complexity index is 1260. The summed E-state index contributed by atoms with van der Waals surface area (Å²) in [5, 5.41) is 15.3. The van der Waals surface area contributed by atoms with E-state index in [1.54, 1.807) is 24.3 Å². The second kappa shape index (κ2) is 8.26. The van der Waals surface area contributed by atoms with Gasteiger partial charge in [-0.25, -0.2) is 17.9 Å². The van der Waals surface area contributed by atoms with Gasteiger partial charge in [0.1, 0.15) is 5.82 Å². The minimum Gasteiger partial charge on any atom is -0.481 e. The van der Waals surface area contributed by atoms with Gasteiger partial charge in [0.15, 0.2) is 0 Å². The van der Waals surface area contributed by atoms with Crippen LogP contribution in [-0.2, 0) is 21.2 Å². The minimum absolute atomic E-state index is 0.0349. The number of halogens is 2. The van der Waals surface area contributed by atoms with Crippen molar-refractivity contribution in [3.05, 3.63) is 53.3 Å². The van der Waals surface area contributed by atoms with Crippen molar-refractivity contribution in [3.63, 3.8) is 0 Å². The van der Waals surface area contributed by atoms with Crippen LogP contribution in [0.3, 0.4) is 0 Å². The van der Waals surface area contributed by atoms with Gasteiger partial charge in [-0.15, -0.1) is 11.6 Å². The number of carboxylic acids is 1. The second-order valence-electron chi connectivity index (χ2n) is 7.93. The third kappa shape index (κ3) is 4.20. The van der Waals surface area contributed by atoms with Crippen molar-refractivity contribution >= 4 is 38.5 Å². The Kier molecular flexibility index (Phi) is 5.81. The van der Waals surface area contributed by atoms with E-state index < -0.39 is 28.2 Å². The molecule has 0 saturated heterocycles. The SMILES string of the molecule is NS(=O)(=O)c1c(-c2[nH]c3cccc(F)c3c2CC(=O)O)cccc1C1CCC(Cl)CC1. The first-order valence-corrected chi connectivity index (χ1v) is 12.0. The number of hydrogen-bond donors (Lipinski definition) is 3. The molecule has 31 heavy (non-hydrogen) atoms. The van der Waals surface area contributed by atoms with Crippen LogP contribution in [0.25, 0.3) is 22.2 Å². The van der Waals surface area contributed by atoms with Gasteiger partial charge < -0.3 is 10.1 Å². The van der Waals surface area contributed by atoms with Gasteiger partial charge in [-0.3, -0.25) is 4.79 Å². The van der Waals surface area contributed by atoms with Gasteiger partial charge in [-0.1, -0.05) is 24.3 Å². The molecule has 0 spiro atoms. The molecule has 2 aromatic carbocycles. The number of aromatic amines is 1. The first kappa shape index (κ1) is 21.8. The molecule has 0 amide bonds. The van der Waals surface area contributed by atoms with Crippen molar-refractivity contribution < 1.29 is 22.7 Å². The number of nitrogens with two attached hydrogens (primary N) is 1. The van der Waals surface area contributed by atoms with Crippen LogP contribution in [0, 0.1) is 5.82 Å². The molecule has 3 aromatic rings. The largest absolute Gasteiger partial charge is 0.481 e. The average molecular weight is 465 g/mol. The maximum atomic E-state index is 14.6. The van der Waals surface area contributed by atoms with Crippen LogP contribution in [0.15, 0.2) is 41.3 Å². The lowest BCUT2D eigenvalue weighted by atomic mass is 9.83. The number of H-pyrrole nitrogens is 1. The molecule has 0 bridgehead atoms. The van der Waals surface area contributed by atoms with Crippen LogP contribution in [0.2, 0.25) is 0 Å². The Morgan fingerprint density at radius 2 is 1.84 bits per heavy atom. The molecule has 1 fully saturated rings. The number of rotatable bonds is 5. The van der Waals surface area contributed by atoms with Gasteiger partial charge in [0.2, 0.25) is 10.0 Å². The fraction of sp³-hybridized carbons (Fsp3) is 0.318. The number of primary sulfonamides is 1. The molecule has 164 valence electrons. The number of carbonyl (C=O) groups is 1. The van der Waals surface area contributed by atoms with Crippen molar-refractivity contribution in [2.45, 2.75) is 48.3 Å². The van der Waals surface area contributed by atoms with E-state index in [9.17, 15) is 22.7 Å². The molecule has 6 nitrogen and oxygen atoms in total. The van der Waals surface area contributed by atoms with Crippen molar-refractivity contribution in [2.75, 3.05) is 0 Å². The van der Waals surface area contributed by atoms with Gasteiger partial charge in [0.05, 0.1) is 17.0 Å². The third-order valence-corrected chi connectivity index (χ3v) is 7.36. The predicted molar refractivity (Wildman–Crippen MR) is 117 cm³/mol. The number of aromatic nitrogens is 1. The molecule has 4 N–H and O–H groups in total. The lowest BCUT2D eigenvalue weighted by Crippen LogP contribution is -2.20. The highest BCUT2D eigenvalue weighted by Crippen LogP contribution is 2.42. The van der Waals surface area contributed by atoms with E-state index in [4.69, 9.17) is 16.7 Å². The van der Waals surface area contributed by atoms with Gasteiger partial charge in [-0.05, 0) is 54.9 Å². The zero-order valence-electron chi connectivity index (χ0n) is 16.6. The standard InChI is InChI=1S/C22H22ClFN2O4S/c23-13-9-7-12(8-10-13)14-3-1-4-15(22(14)31(25,29)30)21-16(11-19(27)28)20-17(24)5-2-6-18(20)26-21/h1-6,12-13,26H,7-11H2,(H,27,28)(H2,25,29,30). The predicted octanol–water partition coefficient (Wildman–Crippen LogP) is 4.51. The van der Waals surface area contributed by atoms with Gasteiger partial charge in [-0.2, -0.15) is 0 Å². The summed E-state index contributed by atoms with van der Waals surface area (Å²) in [6, 6.07) is 9.40. The Hall–Kier alpha value is -2.42. The van der Waals surface area contributed by atoms with E-state index >= 15 is 0 Å². The summed E-state index contributed by atoms with van der Waals surface area (Å²) in [5.41, 5.74) is 1.66. The van der Waals surface area contributed by atoms with E-state index in [-0.39, 0.29) is 38.4 Å².